The molecule has 0 aromatic carbocycles. The number of aromatic nitrogens is 2. The van der Waals surface area contributed by atoms with Crippen LogP contribution in [0, 0.1) is 0 Å². The molecule has 1 aromatic heterocycles. The first-order chi connectivity index (χ1) is 9.80. The largest absolute Gasteiger partial charge is 0.371 e. The molecule has 1 unspecified atom stereocenters. The van der Waals surface area contributed by atoms with Crippen molar-refractivity contribution >= 4 is 0 Å². The smallest absolute Gasteiger partial charge is 0.157 e. The highest BCUT2D eigenvalue weighted by Crippen LogP contribution is 2.24. The Morgan fingerprint density at radius 1 is 1.20 bits per heavy atom. The summed E-state index contributed by atoms with van der Waals surface area (Å²) < 4.78 is 5.85. The van der Waals surface area contributed by atoms with Crippen molar-refractivity contribution in [2.45, 2.75) is 65.5 Å². The Bertz CT molecular complexity index is 428. The van der Waals surface area contributed by atoms with E-state index in [4.69, 9.17) is 14.7 Å². The third-order valence-corrected chi connectivity index (χ3v) is 3.73. The summed E-state index contributed by atoms with van der Waals surface area (Å²) in [6.45, 7) is 9.08. The van der Waals surface area contributed by atoms with Crippen LogP contribution in [-0.2, 0) is 24.1 Å². The highest BCUT2D eigenvalue weighted by Gasteiger charge is 2.21. The molecular formula is C16H27N3O. The number of nitrogens with one attached hydrogen (secondary N) is 1. The fourth-order valence-corrected chi connectivity index (χ4v) is 2.77. The van der Waals surface area contributed by atoms with Gasteiger partial charge in [-0.25, -0.2) is 9.97 Å². The van der Waals surface area contributed by atoms with Crippen LogP contribution in [0.2, 0.25) is 0 Å². The second-order valence-corrected chi connectivity index (χ2v) is 5.36. The van der Waals surface area contributed by atoms with Gasteiger partial charge in [-0.15, -0.1) is 0 Å². The van der Waals surface area contributed by atoms with Crippen LogP contribution in [0.25, 0.3) is 0 Å². The van der Waals surface area contributed by atoms with E-state index in [9.17, 15) is 0 Å². The van der Waals surface area contributed by atoms with Crippen LogP contribution in [0.3, 0.4) is 0 Å². The average molecular weight is 277 g/mol. The molecule has 2 rings (SSSR count). The molecule has 20 heavy (non-hydrogen) atoms. The molecule has 1 aromatic rings. The zero-order valence-corrected chi connectivity index (χ0v) is 13.0. The Balaban J connectivity index is 2.34. The summed E-state index contributed by atoms with van der Waals surface area (Å²) in [4.78, 5) is 9.65. The van der Waals surface area contributed by atoms with Gasteiger partial charge in [0.1, 0.15) is 6.10 Å². The summed E-state index contributed by atoms with van der Waals surface area (Å²) in [5, 5.41) is 3.43. The molecule has 1 aliphatic rings. The van der Waals surface area contributed by atoms with Crippen molar-refractivity contribution in [1.29, 1.82) is 0 Å². The maximum atomic E-state index is 5.85. The molecule has 0 bridgehead atoms. The fraction of sp³-hybridized carbons (Fsp3) is 0.750. The first-order valence-electron chi connectivity index (χ1n) is 8.00. The normalized spacial score (nSPS) is 15.9. The topological polar surface area (TPSA) is 47.0 Å². The number of ether oxygens (including phenoxy) is 1. The molecule has 0 radical (unpaired) electrons. The van der Waals surface area contributed by atoms with Gasteiger partial charge in [0.15, 0.2) is 5.82 Å². The SMILES string of the molecule is CCCc1nc(C(CCC)OCC)nc2c1CNCC2. The first-order valence-corrected chi connectivity index (χ1v) is 8.00. The highest BCUT2D eigenvalue weighted by atomic mass is 16.5. The summed E-state index contributed by atoms with van der Waals surface area (Å²) in [5.74, 6) is 0.901. The van der Waals surface area contributed by atoms with Gasteiger partial charge in [-0.1, -0.05) is 26.7 Å². The highest BCUT2D eigenvalue weighted by molar-refractivity contribution is 5.29. The second kappa shape index (κ2) is 7.70. The van der Waals surface area contributed by atoms with Crippen LogP contribution in [0.4, 0.5) is 0 Å². The molecule has 1 N–H and O–H groups in total. The average Bonchev–Trinajstić information content (AvgIpc) is 2.47. The van der Waals surface area contributed by atoms with Crippen molar-refractivity contribution in [3.05, 3.63) is 22.8 Å². The lowest BCUT2D eigenvalue weighted by molar-refractivity contribution is 0.0489. The Kier molecular flexibility index (Phi) is 5.92. The van der Waals surface area contributed by atoms with Crippen molar-refractivity contribution in [2.24, 2.45) is 0 Å². The monoisotopic (exact) mass is 277 g/mol. The second-order valence-electron chi connectivity index (χ2n) is 5.36. The Labute approximate surface area is 122 Å². The molecule has 0 spiro atoms. The zero-order valence-electron chi connectivity index (χ0n) is 13.0. The minimum atomic E-state index is 0.0563. The summed E-state index contributed by atoms with van der Waals surface area (Å²) in [7, 11) is 0. The predicted molar refractivity (Wildman–Crippen MR) is 80.7 cm³/mol. The third-order valence-electron chi connectivity index (χ3n) is 3.73. The standard InChI is InChI=1S/C16H27N3O/c1-4-7-13-12-11-17-10-9-14(12)19-16(18-13)15(8-5-2)20-6-3/h15,17H,4-11H2,1-3H3. The van der Waals surface area contributed by atoms with E-state index in [2.05, 4.69) is 19.2 Å². The van der Waals surface area contributed by atoms with Gasteiger partial charge >= 0.3 is 0 Å². The number of aryl methyl sites for hydroxylation is 1. The summed E-state index contributed by atoms with van der Waals surface area (Å²) in [5.41, 5.74) is 3.78. The number of hydrogen-bond donors (Lipinski definition) is 1. The van der Waals surface area contributed by atoms with Crippen LogP contribution in [0.1, 0.15) is 68.9 Å². The summed E-state index contributed by atoms with van der Waals surface area (Å²) in [6.07, 6.45) is 5.31. The minimum Gasteiger partial charge on any atom is -0.371 e. The Morgan fingerprint density at radius 3 is 2.75 bits per heavy atom. The van der Waals surface area contributed by atoms with E-state index >= 15 is 0 Å². The zero-order chi connectivity index (χ0) is 14.4. The van der Waals surface area contributed by atoms with Gasteiger partial charge in [0.2, 0.25) is 0 Å². The molecule has 0 amide bonds. The van der Waals surface area contributed by atoms with Crippen molar-refractivity contribution in [1.82, 2.24) is 15.3 Å². The molecule has 0 saturated heterocycles. The fourth-order valence-electron chi connectivity index (χ4n) is 2.77. The van der Waals surface area contributed by atoms with Gasteiger partial charge in [0.05, 0.1) is 5.69 Å². The van der Waals surface area contributed by atoms with Crippen LogP contribution in [-0.4, -0.2) is 23.1 Å². The van der Waals surface area contributed by atoms with Gasteiger partial charge in [-0.3, -0.25) is 0 Å². The van der Waals surface area contributed by atoms with E-state index in [-0.39, 0.29) is 6.10 Å². The molecule has 112 valence electrons. The molecular weight excluding hydrogens is 250 g/mol. The van der Waals surface area contributed by atoms with Gasteiger partial charge in [0, 0.05) is 37.4 Å². The van der Waals surface area contributed by atoms with Gasteiger partial charge in [0.25, 0.3) is 0 Å². The molecule has 2 heterocycles. The number of nitrogens with zero attached hydrogens (tertiary/aromatic N) is 2. The first kappa shape index (κ1) is 15.4. The van der Waals surface area contributed by atoms with Crippen LogP contribution in [0.5, 0.6) is 0 Å². The maximum Gasteiger partial charge on any atom is 0.157 e. The Hall–Kier alpha value is -1.00. The molecule has 4 heteroatoms. The minimum absolute atomic E-state index is 0.0563. The van der Waals surface area contributed by atoms with E-state index in [1.54, 1.807) is 0 Å². The van der Waals surface area contributed by atoms with E-state index in [1.165, 1.54) is 17.0 Å². The molecule has 1 aliphatic heterocycles. The van der Waals surface area contributed by atoms with Crippen LogP contribution in [0.15, 0.2) is 0 Å². The molecule has 0 saturated carbocycles. The molecule has 4 nitrogen and oxygen atoms in total. The van der Waals surface area contributed by atoms with Crippen molar-refractivity contribution < 1.29 is 4.74 Å². The van der Waals surface area contributed by atoms with Crippen molar-refractivity contribution in [2.75, 3.05) is 13.2 Å². The lowest BCUT2D eigenvalue weighted by Gasteiger charge is -2.22. The van der Waals surface area contributed by atoms with E-state index in [1.807, 2.05) is 6.92 Å². The van der Waals surface area contributed by atoms with Crippen molar-refractivity contribution in [3.63, 3.8) is 0 Å². The Morgan fingerprint density at radius 2 is 2.05 bits per heavy atom. The lowest BCUT2D eigenvalue weighted by atomic mass is 10.0. The molecule has 0 aliphatic carbocycles. The van der Waals surface area contributed by atoms with Crippen LogP contribution < -0.4 is 5.32 Å². The quantitative estimate of drug-likeness (QED) is 0.832. The maximum absolute atomic E-state index is 5.85. The predicted octanol–water partition coefficient (Wildman–Crippen LogP) is 2.95. The lowest BCUT2D eigenvalue weighted by Crippen LogP contribution is -2.28. The number of rotatable bonds is 7. The van der Waals surface area contributed by atoms with Crippen LogP contribution >= 0.6 is 0 Å². The summed E-state index contributed by atoms with van der Waals surface area (Å²) in [6, 6.07) is 0. The number of hydrogen-bond acceptors (Lipinski definition) is 4. The van der Waals surface area contributed by atoms with E-state index in [0.717, 1.165) is 57.6 Å². The van der Waals surface area contributed by atoms with Gasteiger partial charge in [-0.05, 0) is 19.8 Å². The van der Waals surface area contributed by atoms with Gasteiger partial charge < -0.3 is 10.1 Å². The molecule has 1 atom stereocenters. The van der Waals surface area contributed by atoms with Gasteiger partial charge in [-0.2, -0.15) is 0 Å². The third kappa shape index (κ3) is 3.55. The van der Waals surface area contributed by atoms with E-state index < -0.39 is 0 Å². The summed E-state index contributed by atoms with van der Waals surface area (Å²) >= 11 is 0. The van der Waals surface area contributed by atoms with Crippen molar-refractivity contribution in [3.8, 4) is 0 Å². The molecule has 0 fully saturated rings. The van der Waals surface area contributed by atoms with E-state index in [0.29, 0.717) is 0 Å². The number of fused-ring (bicyclic) bond motifs is 1.